The lowest BCUT2D eigenvalue weighted by molar-refractivity contribution is 0.189. The third-order valence-corrected chi connectivity index (χ3v) is 6.24. The molecule has 5 nitrogen and oxygen atoms in total. The summed E-state index contributed by atoms with van der Waals surface area (Å²) in [5.74, 6) is 0. The van der Waals surface area contributed by atoms with Crippen LogP contribution in [0, 0.1) is 0 Å². The van der Waals surface area contributed by atoms with Gasteiger partial charge in [-0.25, -0.2) is 0 Å². The average molecular weight is 361 g/mol. The molecule has 0 aliphatic carbocycles. The zero-order valence-electron chi connectivity index (χ0n) is 15.0. The summed E-state index contributed by atoms with van der Waals surface area (Å²) in [6.07, 6.45) is 3.62. The zero-order chi connectivity index (χ0) is 17.2. The van der Waals surface area contributed by atoms with E-state index < -0.39 is 6.10 Å². The first-order valence-electron chi connectivity index (χ1n) is 9.43. The lowest BCUT2D eigenvalue weighted by Gasteiger charge is -2.27. The molecular formula is C19H28N4OS. The van der Waals surface area contributed by atoms with Crippen LogP contribution in [0.5, 0.6) is 0 Å². The first-order valence-corrected chi connectivity index (χ1v) is 10.3. The number of aliphatic hydroxyl groups excluding tert-OH is 1. The topological polar surface area (TPSA) is 44.5 Å². The van der Waals surface area contributed by atoms with E-state index in [-0.39, 0.29) is 0 Å². The van der Waals surface area contributed by atoms with Crippen LogP contribution in [-0.4, -0.2) is 44.3 Å². The Labute approximate surface area is 153 Å². The molecule has 0 aromatic carbocycles. The number of fused-ring (bicyclic) bond motifs is 1. The number of thiophene rings is 1. The van der Waals surface area contributed by atoms with E-state index in [2.05, 4.69) is 31.0 Å². The van der Waals surface area contributed by atoms with Gasteiger partial charge in [-0.2, -0.15) is 5.10 Å². The van der Waals surface area contributed by atoms with Crippen LogP contribution in [0.15, 0.2) is 17.5 Å². The fourth-order valence-corrected chi connectivity index (χ4v) is 4.79. The summed E-state index contributed by atoms with van der Waals surface area (Å²) in [5.41, 5.74) is 3.48. The molecule has 1 saturated heterocycles. The van der Waals surface area contributed by atoms with Gasteiger partial charge in [0.05, 0.1) is 24.0 Å². The highest BCUT2D eigenvalue weighted by atomic mass is 32.1. The third kappa shape index (κ3) is 4.14. The molecule has 1 unspecified atom stereocenters. The molecule has 25 heavy (non-hydrogen) atoms. The molecule has 6 heteroatoms. The van der Waals surface area contributed by atoms with E-state index in [1.807, 2.05) is 17.4 Å². The fourth-order valence-electron chi connectivity index (χ4n) is 3.87. The van der Waals surface area contributed by atoms with Gasteiger partial charge in [-0.1, -0.05) is 6.42 Å². The number of hydrogen-bond donors (Lipinski definition) is 1. The van der Waals surface area contributed by atoms with Crippen LogP contribution in [0.3, 0.4) is 0 Å². The largest absolute Gasteiger partial charge is 0.387 e. The molecule has 2 aliphatic heterocycles. The van der Waals surface area contributed by atoms with Gasteiger partial charge in [0.25, 0.3) is 0 Å². The van der Waals surface area contributed by atoms with E-state index in [4.69, 9.17) is 0 Å². The summed E-state index contributed by atoms with van der Waals surface area (Å²) < 4.78 is 2.05. The van der Waals surface area contributed by atoms with Crippen molar-refractivity contribution in [1.29, 1.82) is 0 Å². The summed E-state index contributed by atoms with van der Waals surface area (Å²) in [7, 11) is 0. The van der Waals surface area contributed by atoms with Crippen molar-refractivity contribution in [2.45, 2.75) is 58.5 Å². The monoisotopic (exact) mass is 360 g/mol. The molecule has 0 spiro atoms. The van der Waals surface area contributed by atoms with Gasteiger partial charge >= 0.3 is 0 Å². The number of aromatic nitrogens is 2. The zero-order valence-corrected chi connectivity index (χ0v) is 15.8. The van der Waals surface area contributed by atoms with Crippen molar-refractivity contribution in [2.24, 2.45) is 0 Å². The molecule has 0 radical (unpaired) electrons. The number of piperidine rings is 1. The molecule has 2 aliphatic rings. The summed E-state index contributed by atoms with van der Waals surface area (Å²) in [5, 5.41) is 16.6. The average Bonchev–Trinajstić information content (AvgIpc) is 3.22. The number of hydrogen-bond acceptors (Lipinski definition) is 5. The Morgan fingerprint density at radius 2 is 1.92 bits per heavy atom. The minimum Gasteiger partial charge on any atom is -0.387 e. The van der Waals surface area contributed by atoms with Crippen LogP contribution in [0.2, 0.25) is 0 Å². The third-order valence-electron chi connectivity index (χ3n) is 5.27. The molecule has 4 heterocycles. The normalized spacial score (nSPS) is 20.6. The Bertz CT molecular complexity index is 702. The van der Waals surface area contributed by atoms with Crippen molar-refractivity contribution in [3.05, 3.63) is 39.3 Å². The van der Waals surface area contributed by atoms with Crippen molar-refractivity contribution in [2.75, 3.05) is 19.6 Å². The van der Waals surface area contributed by atoms with Gasteiger partial charge in [-0.3, -0.25) is 14.5 Å². The molecule has 136 valence electrons. The van der Waals surface area contributed by atoms with Crippen LogP contribution in [0.4, 0.5) is 0 Å². The highest BCUT2D eigenvalue weighted by Gasteiger charge is 2.20. The van der Waals surface area contributed by atoms with Crippen LogP contribution in [0.25, 0.3) is 0 Å². The second-order valence-electron chi connectivity index (χ2n) is 7.43. The van der Waals surface area contributed by atoms with Crippen LogP contribution in [0.1, 0.15) is 54.1 Å². The number of nitrogens with zero attached hydrogens (tertiary/aromatic N) is 4. The minimum absolute atomic E-state index is 0.485. The molecule has 0 amide bonds. The number of rotatable bonds is 5. The lowest BCUT2D eigenvalue weighted by atomic mass is 10.1. The van der Waals surface area contributed by atoms with Gasteiger partial charge < -0.3 is 5.11 Å². The lowest BCUT2D eigenvalue weighted by Crippen LogP contribution is -2.33. The maximum atomic E-state index is 9.72. The summed E-state index contributed by atoms with van der Waals surface area (Å²) in [6.45, 7) is 9.27. The van der Waals surface area contributed by atoms with Crippen molar-refractivity contribution >= 4 is 11.3 Å². The summed E-state index contributed by atoms with van der Waals surface area (Å²) >= 11 is 1.89. The minimum atomic E-state index is -0.485. The van der Waals surface area contributed by atoms with Crippen LogP contribution < -0.4 is 0 Å². The maximum absolute atomic E-state index is 9.72. The molecular weight excluding hydrogens is 332 g/mol. The Morgan fingerprint density at radius 3 is 2.72 bits per heavy atom. The second kappa shape index (κ2) is 7.58. The van der Waals surface area contributed by atoms with Gasteiger partial charge in [0.1, 0.15) is 0 Å². The highest BCUT2D eigenvalue weighted by molar-refractivity contribution is 7.10. The fraction of sp³-hybridized carbons (Fsp3) is 0.632. The Hall–Kier alpha value is -1.21. The molecule has 1 atom stereocenters. The van der Waals surface area contributed by atoms with Gasteiger partial charge in [0.2, 0.25) is 0 Å². The second-order valence-corrected chi connectivity index (χ2v) is 8.42. The van der Waals surface area contributed by atoms with Crippen molar-refractivity contribution in [3.8, 4) is 0 Å². The van der Waals surface area contributed by atoms with Gasteiger partial charge in [-0.05, 0) is 55.9 Å². The van der Waals surface area contributed by atoms with E-state index in [0.29, 0.717) is 0 Å². The predicted molar refractivity (Wildman–Crippen MR) is 100 cm³/mol. The Balaban J connectivity index is 1.34. The Kier molecular flexibility index (Phi) is 5.22. The summed E-state index contributed by atoms with van der Waals surface area (Å²) in [6, 6.07) is 4.44. The highest BCUT2D eigenvalue weighted by Crippen LogP contribution is 2.23. The van der Waals surface area contributed by atoms with Crippen molar-refractivity contribution in [3.63, 3.8) is 0 Å². The number of aliphatic hydroxyl groups is 1. The van der Waals surface area contributed by atoms with E-state index in [9.17, 15) is 5.11 Å². The first kappa shape index (κ1) is 17.2. The predicted octanol–water partition coefficient (Wildman–Crippen LogP) is 3.00. The molecule has 2 aromatic heterocycles. The van der Waals surface area contributed by atoms with Crippen molar-refractivity contribution < 1.29 is 5.11 Å². The smallest absolute Gasteiger partial charge is 0.0950 e. The molecule has 0 saturated carbocycles. The molecule has 2 aromatic rings. The van der Waals surface area contributed by atoms with E-state index in [1.165, 1.54) is 48.5 Å². The van der Waals surface area contributed by atoms with Gasteiger partial charge in [0.15, 0.2) is 0 Å². The van der Waals surface area contributed by atoms with E-state index in [1.54, 1.807) is 6.92 Å². The standard InChI is InChI=1S/C19H28N4OS/c1-15(24)19-10-17-12-22(7-8-23(17)20-19)13-18-9-16(14-25-18)11-21-5-3-2-4-6-21/h9-10,14-15,24H,2-8,11-13H2,1H3. The van der Waals surface area contributed by atoms with Crippen molar-refractivity contribution in [1.82, 2.24) is 19.6 Å². The SMILES string of the molecule is CC(O)c1cc2n(n1)CCN(Cc1cc(CN3CCCCC3)cs1)C2. The van der Waals surface area contributed by atoms with Crippen LogP contribution >= 0.6 is 11.3 Å². The molecule has 1 N–H and O–H groups in total. The molecule has 1 fully saturated rings. The number of likely N-dealkylation sites (tertiary alicyclic amines) is 1. The summed E-state index contributed by atoms with van der Waals surface area (Å²) in [4.78, 5) is 6.53. The van der Waals surface area contributed by atoms with E-state index in [0.717, 1.165) is 38.4 Å². The molecule has 4 rings (SSSR count). The van der Waals surface area contributed by atoms with Gasteiger partial charge in [-0.15, -0.1) is 11.3 Å². The first-order chi connectivity index (χ1) is 12.2. The Morgan fingerprint density at radius 1 is 1.08 bits per heavy atom. The van der Waals surface area contributed by atoms with E-state index >= 15 is 0 Å². The van der Waals surface area contributed by atoms with Crippen LogP contribution in [-0.2, 0) is 26.2 Å². The van der Waals surface area contributed by atoms with Gasteiger partial charge in [0, 0.05) is 31.1 Å². The quantitative estimate of drug-likeness (QED) is 0.890. The molecule has 0 bridgehead atoms. The maximum Gasteiger partial charge on any atom is 0.0950 e.